The maximum absolute atomic E-state index is 13.1. The minimum atomic E-state index is -4.49. The molecule has 0 aromatic heterocycles. The standard InChI is InChI=1S/C20H18F3NO3S2/c21-20(22,23)13-4-3-5-14(10-13)27-18(28)24-11-19(12-25)8-9-29-16-7-2-1-6-15(16)17(19)26/h1-7,10,25H,8-9,11-12H2,(H,24,28). The summed E-state index contributed by atoms with van der Waals surface area (Å²) in [5.74, 6) is 0.366. The number of ether oxygens (including phenoxy) is 1. The molecule has 9 heteroatoms. The molecule has 0 radical (unpaired) electrons. The molecule has 2 N–H and O–H groups in total. The molecule has 0 fully saturated rings. The fraction of sp³-hybridized carbons (Fsp3) is 0.300. The Bertz CT molecular complexity index is 920. The van der Waals surface area contributed by atoms with Gasteiger partial charge in [0.15, 0.2) is 5.78 Å². The van der Waals surface area contributed by atoms with E-state index in [4.69, 9.17) is 17.0 Å². The summed E-state index contributed by atoms with van der Waals surface area (Å²) < 4.78 is 43.8. The number of carbonyl (C=O) groups excluding carboxylic acids is 1. The third kappa shape index (κ3) is 4.91. The molecule has 1 unspecified atom stereocenters. The van der Waals surface area contributed by atoms with Gasteiger partial charge in [0.05, 0.1) is 17.6 Å². The summed E-state index contributed by atoms with van der Waals surface area (Å²) in [4.78, 5) is 14.0. The van der Waals surface area contributed by atoms with Crippen LogP contribution in [0.25, 0.3) is 0 Å². The van der Waals surface area contributed by atoms with Crippen molar-refractivity contribution in [1.29, 1.82) is 0 Å². The number of fused-ring (bicyclic) bond motifs is 1. The van der Waals surface area contributed by atoms with Crippen LogP contribution in [0.5, 0.6) is 5.75 Å². The number of aliphatic hydroxyl groups excluding tert-OH is 1. The lowest BCUT2D eigenvalue weighted by atomic mass is 9.78. The molecule has 29 heavy (non-hydrogen) atoms. The van der Waals surface area contributed by atoms with Crippen LogP contribution in [0.3, 0.4) is 0 Å². The zero-order valence-electron chi connectivity index (χ0n) is 15.2. The number of halogens is 3. The van der Waals surface area contributed by atoms with Crippen LogP contribution in [0.4, 0.5) is 13.2 Å². The van der Waals surface area contributed by atoms with Gasteiger partial charge >= 0.3 is 6.18 Å². The highest BCUT2D eigenvalue weighted by atomic mass is 32.2. The van der Waals surface area contributed by atoms with Gasteiger partial charge in [0, 0.05) is 17.0 Å². The molecule has 0 saturated carbocycles. The molecular weight excluding hydrogens is 423 g/mol. The minimum absolute atomic E-state index is 0.00895. The Labute approximate surface area is 175 Å². The van der Waals surface area contributed by atoms with Gasteiger partial charge in [-0.1, -0.05) is 24.3 Å². The summed E-state index contributed by atoms with van der Waals surface area (Å²) in [6, 6.07) is 11.6. The lowest BCUT2D eigenvalue weighted by Crippen LogP contribution is -2.46. The quantitative estimate of drug-likeness (QED) is 0.690. The molecule has 1 aliphatic heterocycles. The van der Waals surface area contributed by atoms with Gasteiger partial charge in [0.1, 0.15) is 5.75 Å². The Hall–Kier alpha value is -2.10. The highest BCUT2D eigenvalue weighted by molar-refractivity contribution is 7.99. The first-order valence-corrected chi connectivity index (χ1v) is 10.1. The zero-order valence-corrected chi connectivity index (χ0v) is 16.8. The maximum atomic E-state index is 13.1. The number of alkyl halides is 3. The molecule has 1 atom stereocenters. The number of Topliss-reactive ketones (excluding diaryl/α,β-unsaturated/α-hetero) is 1. The van der Waals surface area contributed by atoms with Crippen molar-refractivity contribution in [2.24, 2.45) is 5.41 Å². The van der Waals surface area contributed by atoms with Crippen molar-refractivity contribution in [3.8, 4) is 5.75 Å². The number of hydrogen-bond donors (Lipinski definition) is 2. The average molecular weight is 441 g/mol. The Morgan fingerprint density at radius 1 is 1.24 bits per heavy atom. The topological polar surface area (TPSA) is 58.6 Å². The van der Waals surface area contributed by atoms with Crippen molar-refractivity contribution in [3.05, 3.63) is 59.7 Å². The molecule has 2 aromatic carbocycles. The van der Waals surface area contributed by atoms with Gasteiger partial charge < -0.3 is 15.2 Å². The van der Waals surface area contributed by atoms with Gasteiger partial charge in [-0.15, -0.1) is 11.8 Å². The lowest BCUT2D eigenvalue weighted by Gasteiger charge is -2.29. The first-order chi connectivity index (χ1) is 13.7. The van der Waals surface area contributed by atoms with Gasteiger partial charge in [0.25, 0.3) is 5.17 Å². The second-order valence-corrected chi connectivity index (χ2v) is 8.14. The molecule has 3 rings (SSSR count). The highest BCUT2D eigenvalue weighted by Crippen LogP contribution is 2.38. The monoisotopic (exact) mass is 441 g/mol. The Balaban J connectivity index is 1.71. The fourth-order valence-electron chi connectivity index (χ4n) is 3.03. The number of hydrogen-bond acceptors (Lipinski definition) is 5. The van der Waals surface area contributed by atoms with Gasteiger partial charge in [-0.25, -0.2) is 0 Å². The van der Waals surface area contributed by atoms with Crippen LogP contribution in [0.2, 0.25) is 0 Å². The Morgan fingerprint density at radius 2 is 2.00 bits per heavy atom. The van der Waals surface area contributed by atoms with Crippen LogP contribution in [0, 0.1) is 5.41 Å². The van der Waals surface area contributed by atoms with Crippen molar-refractivity contribution < 1.29 is 27.8 Å². The minimum Gasteiger partial charge on any atom is -0.432 e. The summed E-state index contributed by atoms with van der Waals surface area (Å²) >= 11 is 6.62. The van der Waals surface area contributed by atoms with Crippen molar-refractivity contribution >= 4 is 34.9 Å². The van der Waals surface area contributed by atoms with Crippen molar-refractivity contribution in [2.45, 2.75) is 17.5 Å². The number of nitrogens with one attached hydrogen (secondary N) is 1. The van der Waals surface area contributed by atoms with Crippen LogP contribution in [-0.4, -0.2) is 35.0 Å². The number of thioether (sulfide) groups is 1. The lowest BCUT2D eigenvalue weighted by molar-refractivity contribution is -0.137. The van der Waals surface area contributed by atoms with Gasteiger partial charge in [-0.3, -0.25) is 4.79 Å². The zero-order chi connectivity index (χ0) is 21.1. The summed E-state index contributed by atoms with van der Waals surface area (Å²) in [7, 11) is 0. The molecule has 1 heterocycles. The van der Waals surface area contributed by atoms with E-state index in [2.05, 4.69) is 5.32 Å². The van der Waals surface area contributed by atoms with Crippen molar-refractivity contribution in [3.63, 3.8) is 0 Å². The van der Waals surface area contributed by atoms with Gasteiger partial charge in [-0.2, -0.15) is 13.2 Å². The highest BCUT2D eigenvalue weighted by Gasteiger charge is 2.41. The molecule has 0 bridgehead atoms. The summed E-state index contributed by atoms with van der Waals surface area (Å²) in [5, 5.41) is 12.6. The summed E-state index contributed by atoms with van der Waals surface area (Å²) in [6.45, 7) is -0.380. The predicted molar refractivity (Wildman–Crippen MR) is 108 cm³/mol. The number of rotatable bonds is 4. The smallest absolute Gasteiger partial charge is 0.416 e. The van der Waals surface area contributed by atoms with E-state index in [0.29, 0.717) is 17.7 Å². The van der Waals surface area contributed by atoms with Crippen LogP contribution < -0.4 is 10.1 Å². The fourth-order valence-corrected chi connectivity index (χ4v) is 4.40. The molecule has 0 spiro atoms. The summed E-state index contributed by atoms with van der Waals surface area (Å²) in [6.07, 6.45) is -4.08. The first kappa shape index (κ1) is 21.6. The first-order valence-electron chi connectivity index (χ1n) is 8.76. The number of ketones is 1. The second-order valence-electron chi connectivity index (χ2n) is 6.63. The van der Waals surface area contributed by atoms with Crippen LogP contribution in [-0.2, 0) is 6.18 Å². The number of benzene rings is 2. The van der Waals surface area contributed by atoms with E-state index >= 15 is 0 Å². The molecule has 1 aliphatic rings. The number of carbonyl (C=O) groups is 1. The maximum Gasteiger partial charge on any atom is 0.416 e. The molecule has 0 aliphatic carbocycles. The molecule has 0 amide bonds. The SMILES string of the molecule is O=C1c2ccccc2SCCC1(CO)CNC(=S)Oc1cccc(C(F)(F)F)c1. The normalized spacial score (nSPS) is 19.2. The molecule has 154 valence electrons. The van der Waals surface area contributed by atoms with Crippen LogP contribution in [0.1, 0.15) is 22.3 Å². The van der Waals surface area contributed by atoms with E-state index in [9.17, 15) is 23.1 Å². The number of aliphatic hydroxyl groups is 1. The van der Waals surface area contributed by atoms with E-state index in [1.807, 2.05) is 12.1 Å². The van der Waals surface area contributed by atoms with E-state index in [1.54, 1.807) is 23.9 Å². The van der Waals surface area contributed by atoms with Crippen molar-refractivity contribution in [2.75, 3.05) is 18.9 Å². The molecular formula is C20H18F3NO3S2. The summed E-state index contributed by atoms with van der Waals surface area (Å²) in [5.41, 5.74) is -1.41. The van der Waals surface area contributed by atoms with E-state index in [1.165, 1.54) is 12.1 Å². The third-order valence-corrected chi connectivity index (χ3v) is 6.00. The largest absolute Gasteiger partial charge is 0.432 e. The van der Waals surface area contributed by atoms with E-state index in [-0.39, 0.29) is 29.9 Å². The predicted octanol–water partition coefficient (Wildman–Crippen LogP) is 4.32. The molecule has 0 saturated heterocycles. The average Bonchev–Trinajstić information content (AvgIpc) is 2.83. The van der Waals surface area contributed by atoms with E-state index in [0.717, 1.165) is 17.0 Å². The van der Waals surface area contributed by atoms with Crippen LogP contribution >= 0.6 is 24.0 Å². The second kappa shape index (κ2) is 8.73. The van der Waals surface area contributed by atoms with Gasteiger partial charge in [0.2, 0.25) is 0 Å². The third-order valence-electron chi connectivity index (χ3n) is 4.70. The Kier molecular flexibility index (Phi) is 6.50. The molecule has 2 aromatic rings. The van der Waals surface area contributed by atoms with Gasteiger partial charge in [-0.05, 0) is 48.7 Å². The van der Waals surface area contributed by atoms with E-state index < -0.39 is 17.2 Å². The van der Waals surface area contributed by atoms with Crippen LogP contribution in [0.15, 0.2) is 53.4 Å². The number of thiocarbonyl (C=S) groups is 1. The van der Waals surface area contributed by atoms with Crippen molar-refractivity contribution in [1.82, 2.24) is 5.32 Å². The molecule has 4 nitrogen and oxygen atoms in total. The Morgan fingerprint density at radius 3 is 2.72 bits per heavy atom.